The summed E-state index contributed by atoms with van der Waals surface area (Å²) in [6.45, 7) is -0.336. The normalized spacial score (nSPS) is 12.6. The topological polar surface area (TPSA) is 48.1 Å². The monoisotopic (exact) mass is 256 g/mol. The van der Waals surface area contributed by atoms with Gasteiger partial charge in [-0.15, -0.1) is 0 Å². The molecule has 0 atom stereocenters. The molecule has 0 bridgehead atoms. The van der Waals surface area contributed by atoms with Crippen molar-refractivity contribution in [3.8, 4) is 5.88 Å². The molecule has 0 saturated carbocycles. The lowest BCUT2D eigenvalue weighted by molar-refractivity contribution is -0.290. The number of hydrogen-bond donors (Lipinski definition) is 1. The molecular weight excluding hydrogens is 247 g/mol. The number of alkyl halides is 5. The second-order valence-corrected chi connectivity index (χ2v) is 3.32. The van der Waals surface area contributed by atoms with Crippen LogP contribution in [0.25, 0.3) is 0 Å². The van der Waals surface area contributed by atoms with Gasteiger partial charge in [-0.2, -0.15) is 22.0 Å². The highest BCUT2D eigenvalue weighted by Crippen LogP contribution is 2.35. The Bertz CT molecular complexity index is 405. The number of pyridine rings is 1. The number of hydrogen-bond acceptors (Lipinski definition) is 3. The van der Waals surface area contributed by atoms with Crippen LogP contribution >= 0.6 is 0 Å². The lowest BCUT2D eigenvalue weighted by Gasteiger charge is -2.19. The number of nitrogens with zero attached hydrogens (tertiary/aromatic N) is 1. The van der Waals surface area contributed by atoms with E-state index in [9.17, 15) is 22.0 Å². The van der Waals surface area contributed by atoms with Gasteiger partial charge in [0.05, 0.1) is 11.4 Å². The zero-order valence-corrected chi connectivity index (χ0v) is 8.68. The quantitative estimate of drug-likeness (QED) is 0.845. The van der Waals surface area contributed by atoms with Crippen molar-refractivity contribution in [1.29, 1.82) is 0 Å². The Morgan fingerprint density at radius 2 is 1.82 bits per heavy atom. The van der Waals surface area contributed by atoms with Crippen molar-refractivity contribution in [2.75, 3.05) is 12.3 Å². The molecular formula is C9H9F5N2O. The van der Waals surface area contributed by atoms with Crippen molar-refractivity contribution >= 4 is 5.69 Å². The summed E-state index contributed by atoms with van der Waals surface area (Å²) in [4.78, 5) is 3.61. The summed E-state index contributed by atoms with van der Waals surface area (Å²) in [5.41, 5.74) is 5.97. The number of nitrogens with two attached hydrogens (primary N) is 1. The highest BCUT2D eigenvalue weighted by atomic mass is 19.4. The van der Waals surface area contributed by atoms with Crippen LogP contribution < -0.4 is 10.5 Å². The van der Waals surface area contributed by atoms with Gasteiger partial charge in [0.1, 0.15) is 0 Å². The molecule has 1 aromatic rings. The third-order valence-electron chi connectivity index (χ3n) is 1.92. The average molecular weight is 256 g/mol. The largest absolute Gasteiger partial charge is 0.471 e. The van der Waals surface area contributed by atoms with E-state index in [1.165, 1.54) is 13.0 Å². The summed E-state index contributed by atoms with van der Waals surface area (Å²) in [5, 5.41) is 0. The van der Waals surface area contributed by atoms with Crippen LogP contribution in [0.4, 0.5) is 27.6 Å². The number of rotatable bonds is 3. The Kier molecular flexibility index (Phi) is 3.44. The number of halogens is 5. The van der Waals surface area contributed by atoms with E-state index >= 15 is 0 Å². The van der Waals surface area contributed by atoms with Crippen molar-refractivity contribution < 1.29 is 26.7 Å². The Morgan fingerprint density at radius 1 is 1.24 bits per heavy atom. The molecule has 1 heterocycles. The third-order valence-corrected chi connectivity index (χ3v) is 1.92. The molecule has 0 aliphatic carbocycles. The Morgan fingerprint density at radius 3 is 2.29 bits per heavy atom. The first-order chi connectivity index (χ1) is 7.63. The molecule has 3 nitrogen and oxygen atoms in total. The van der Waals surface area contributed by atoms with Crippen molar-refractivity contribution in [1.82, 2.24) is 4.98 Å². The SMILES string of the molecule is Cc1nc(OCC(F)(F)C(F)(F)F)ccc1N. The van der Waals surface area contributed by atoms with Crippen LogP contribution in [0, 0.1) is 6.92 Å². The second-order valence-electron chi connectivity index (χ2n) is 3.32. The van der Waals surface area contributed by atoms with Crippen molar-refractivity contribution in [2.24, 2.45) is 0 Å². The van der Waals surface area contributed by atoms with Gasteiger partial charge in [0.25, 0.3) is 0 Å². The maximum Gasteiger partial charge on any atom is 0.456 e. The maximum atomic E-state index is 12.5. The van der Waals surface area contributed by atoms with Crippen LogP contribution in [0.3, 0.4) is 0 Å². The van der Waals surface area contributed by atoms with Crippen molar-refractivity contribution in [3.63, 3.8) is 0 Å². The van der Waals surface area contributed by atoms with Crippen LogP contribution in [0.1, 0.15) is 5.69 Å². The van der Waals surface area contributed by atoms with Crippen LogP contribution in [-0.2, 0) is 0 Å². The molecule has 0 amide bonds. The average Bonchev–Trinajstić information content (AvgIpc) is 2.18. The molecule has 1 rings (SSSR count). The fourth-order valence-electron chi connectivity index (χ4n) is 0.876. The van der Waals surface area contributed by atoms with E-state index in [1.807, 2.05) is 0 Å². The van der Waals surface area contributed by atoms with Gasteiger partial charge in [0.15, 0.2) is 6.61 Å². The van der Waals surface area contributed by atoms with E-state index in [4.69, 9.17) is 5.73 Å². The first-order valence-corrected chi connectivity index (χ1v) is 4.44. The van der Waals surface area contributed by atoms with Gasteiger partial charge in [-0.1, -0.05) is 0 Å². The zero-order valence-electron chi connectivity index (χ0n) is 8.68. The molecule has 2 N–H and O–H groups in total. The van der Waals surface area contributed by atoms with Gasteiger partial charge in [-0.3, -0.25) is 0 Å². The Balaban J connectivity index is 2.71. The fraction of sp³-hybridized carbons (Fsp3) is 0.444. The molecule has 0 spiro atoms. The van der Waals surface area contributed by atoms with Crippen molar-refractivity contribution in [3.05, 3.63) is 17.8 Å². The van der Waals surface area contributed by atoms with E-state index in [2.05, 4.69) is 9.72 Å². The van der Waals surface area contributed by atoms with Gasteiger partial charge in [0.2, 0.25) is 5.88 Å². The number of nitrogen functional groups attached to an aromatic ring is 1. The van der Waals surface area contributed by atoms with E-state index in [-0.39, 0.29) is 11.6 Å². The van der Waals surface area contributed by atoms with Gasteiger partial charge in [-0.25, -0.2) is 4.98 Å². The van der Waals surface area contributed by atoms with E-state index in [1.54, 1.807) is 0 Å². The molecule has 0 saturated heterocycles. The molecule has 96 valence electrons. The minimum absolute atomic E-state index is 0.290. The number of anilines is 1. The fourth-order valence-corrected chi connectivity index (χ4v) is 0.876. The molecule has 8 heteroatoms. The number of aromatic nitrogens is 1. The Hall–Kier alpha value is -1.60. The smallest absolute Gasteiger partial charge is 0.456 e. The van der Waals surface area contributed by atoms with E-state index < -0.39 is 18.7 Å². The highest BCUT2D eigenvalue weighted by Gasteiger charge is 2.58. The Labute approximate surface area is 93.4 Å². The van der Waals surface area contributed by atoms with Crippen LogP contribution in [0.5, 0.6) is 5.88 Å². The van der Waals surface area contributed by atoms with Crippen LogP contribution in [0.2, 0.25) is 0 Å². The summed E-state index contributed by atoms with van der Waals surface area (Å²) < 4.78 is 64.7. The zero-order chi connectivity index (χ0) is 13.3. The predicted octanol–water partition coefficient (Wildman–Crippen LogP) is 2.55. The lowest BCUT2D eigenvalue weighted by Crippen LogP contribution is -2.41. The van der Waals surface area contributed by atoms with Gasteiger partial charge in [-0.05, 0) is 13.0 Å². The molecule has 0 radical (unpaired) electrons. The standard InChI is InChI=1S/C9H9F5N2O/c1-5-6(15)2-3-7(16-5)17-4-8(10,11)9(12,13)14/h2-3H,4,15H2,1H3. The summed E-state index contributed by atoms with van der Waals surface area (Å²) in [6, 6.07) is 2.43. The third kappa shape index (κ3) is 3.18. The predicted molar refractivity (Wildman–Crippen MR) is 49.9 cm³/mol. The maximum absolute atomic E-state index is 12.5. The molecule has 17 heavy (non-hydrogen) atoms. The van der Waals surface area contributed by atoms with E-state index in [0.29, 0.717) is 5.69 Å². The van der Waals surface area contributed by atoms with Gasteiger partial charge in [0, 0.05) is 6.07 Å². The second kappa shape index (κ2) is 4.34. The molecule has 0 aliphatic rings. The number of ether oxygens (including phenoxy) is 1. The molecule has 0 aromatic carbocycles. The number of aryl methyl sites for hydroxylation is 1. The molecule has 1 aromatic heterocycles. The first kappa shape index (κ1) is 13.5. The van der Waals surface area contributed by atoms with Gasteiger partial charge >= 0.3 is 12.1 Å². The summed E-state index contributed by atoms with van der Waals surface area (Å²) in [6.07, 6.45) is -5.64. The minimum Gasteiger partial charge on any atom is -0.471 e. The van der Waals surface area contributed by atoms with Crippen LogP contribution in [-0.4, -0.2) is 23.7 Å². The lowest BCUT2D eigenvalue weighted by atomic mass is 10.3. The molecule has 0 fully saturated rings. The molecule has 0 aliphatic heterocycles. The first-order valence-electron chi connectivity index (χ1n) is 4.44. The summed E-state index contributed by atoms with van der Waals surface area (Å²) >= 11 is 0. The highest BCUT2D eigenvalue weighted by molar-refractivity contribution is 5.43. The van der Waals surface area contributed by atoms with E-state index in [0.717, 1.165) is 6.07 Å². The van der Waals surface area contributed by atoms with Crippen LogP contribution in [0.15, 0.2) is 12.1 Å². The van der Waals surface area contributed by atoms with Gasteiger partial charge < -0.3 is 10.5 Å². The van der Waals surface area contributed by atoms with Crippen molar-refractivity contribution in [2.45, 2.75) is 19.0 Å². The minimum atomic E-state index is -5.64. The summed E-state index contributed by atoms with van der Waals surface area (Å²) in [5.74, 6) is -5.25. The summed E-state index contributed by atoms with van der Waals surface area (Å²) in [7, 11) is 0. The molecule has 0 unspecified atom stereocenters.